The van der Waals surface area contributed by atoms with Gasteiger partial charge in [-0.25, -0.2) is 0 Å². The summed E-state index contributed by atoms with van der Waals surface area (Å²) in [5.74, 6) is -0.365. The molecule has 0 spiro atoms. The molecule has 0 saturated carbocycles. The van der Waals surface area contributed by atoms with Crippen molar-refractivity contribution >= 4 is 29.3 Å². The summed E-state index contributed by atoms with van der Waals surface area (Å²) in [6.07, 6.45) is 3.74. The van der Waals surface area contributed by atoms with Gasteiger partial charge in [-0.05, 0) is 48.7 Å². The molecule has 2 amide bonds. The maximum atomic E-state index is 12.6. The van der Waals surface area contributed by atoms with Crippen LogP contribution in [0.3, 0.4) is 0 Å². The monoisotopic (exact) mass is 479 g/mol. The number of carbonyl (C=O) groups is 3. The lowest BCUT2D eigenvalue weighted by Crippen LogP contribution is -2.40. The molecular formula is C25H27N4O6-. The average molecular weight is 480 g/mol. The molecule has 0 aromatic heterocycles. The number of hydrogen-bond donors (Lipinski definition) is 3. The first-order valence-corrected chi connectivity index (χ1v) is 11.6. The Bertz CT molecular complexity index is 1130. The highest BCUT2D eigenvalue weighted by atomic mass is 16.7. The maximum absolute atomic E-state index is 12.6. The van der Waals surface area contributed by atoms with E-state index in [-0.39, 0.29) is 13.3 Å². The van der Waals surface area contributed by atoms with Crippen LogP contribution in [0.2, 0.25) is 0 Å². The highest BCUT2D eigenvalue weighted by Gasteiger charge is 2.20. The predicted octanol–water partition coefficient (Wildman–Crippen LogP) is 1.53. The van der Waals surface area contributed by atoms with Gasteiger partial charge in [0.1, 0.15) is 5.84 Å². The lowest BCUT2D eigenvalue weighted by molar-refractivity contribution is -0.306. The van der Waals surface area contributed by atoms with E-state index in [1.165, 1.54) is 0 Å². The van der Waals surface area contributed by atoms with Gasteiger partial charge in [-0.1, -0.05) is 18.6 Å². The summed E-state index contributed by atoms with van der Waals surface area (Å²) in [6, 6.07) is 11.0. The van der Waals surface area contributed by atoms with E-state index >= 15 is 0 Å². The van der Waals surface area contributed by atoms with Crippen LogP contribution in [0.1, 0.15) is 54.1 Å². The highest BCUT2D eigenvalue weighted by molar-refractivity contribution is 5.99. The van der Waals surface area contributed by atoms with Gasteiger partial charge in [0.15, 0.2) is 11.5 Å². The average Bonchev–Trinajstić information content (AvgIpc) is 3.17. The first-order valence-electron chi connectivity index (χ1n) is 11.6. The Morgan fingerprint density at radius 2 is 1.89 bits per heavy atom. The number of aliphatic imine (C=N–C) groups is 1. The number of nitrogens with one attached hydrogen (secondary N) is 3. The number of carbonyl (C=O) groups excluding carboxylic acids is 3. The number of benzene rings is 2. The Hall–Kier alpha value is -4.08. The zero-order chi connectivity index (χ0) is 24.6. The van der Waals surface area contributed by atoms with Crippen molar-refractivity contribution in [2.24, 2.45) is 4.99 Å². The Balaban J connectivity index is 1.34. The summed E-state index contributed by atoms with van der Waals surface area (Å²) >= 11 is 0. The molecule has 0 aliphatic carbocycles. The van der Waals surface area contributed by atoms with Crippen molar-refractivity contribution in [3.63, 3.8) is 0 Å². The fourth-order valence-corrected chi connectivity index (χ4v) is 3.94. The zero-order valence-electron chi connectivity index (χ0n) is 19.2. The molecule has 184 valence electrons. The number of ether oxygens (including phenoxy) is 2. The summed E-state index contributed by atoms with van der Waals surface area (Å²) in [5.41, 5.74) is 1.66. The van der Waals surface area contributed by atoms with E-state index in [1.54, 1.807) is 36.4 Å². The van der Waals surface area contributed by atoms with Crippen molar-refractivity contribution < 1.29 is 29.0 Å². The van der Waals surface area contributed by atoms with Crippen LogP contribution in [0.5, 0.6) is 11.5 Å². The summed E-state index contributed by atoms with van der Waals surface area (Å²) in [4.78, 5) is 40.9. The molecule has 10 heteroatoms. The van der Waals surface area contributed by atoms with Crippen LogP contribution >= 0.6 is 0 Å². The molecule has 4 rings (SSSR count). The molecule has 2 aliphatic heterocycles. The molecule has 0 radical (unpaired) electrons. The third kappa shape index (κ3) is 6.72. The first-order chi connectivity index (χ1) is 17.0. The van der Waals surface area contributed by atoms with Crippen molar-refractivity contribution in [2.75, 3.05) is 25.2 Å². The summed E-state index contributed by atoms with van der Waals surface area (Å²) in [5, 5.41) is 19.7. The van der Waals surface area contributed by atoms with Crippen LogP contribution in [0.15, 0.2) is 47.5 Å². The molecule has 2 aromatic carbocycles. The normalized spacial score (nSPS) is 15.4. The van der Waals surface area contributed by atoms with Crippen LogP contribution in [-0.4, -0.2) is 43.5 Å². The van der Waals surface area contributed by atoms with Gasteiger partial charge in [0, 0.05) is 36.6 Å². The maximum Gasteiger partial charge on any atom is 0.251 e. The second-order valence-corrected chi connectivity index (χ2v) is 8.34. The van der Waals surface area contributed by atoms with E-state index in [0.717, 1.165) is 43.8 Å². The standard InChI is InChI=1S/C25H28N4O6/c30-23(29-19(13-24(31)32)16-8-9-20-21(12-16)35-15-34-20)14-27-25(33)17-5-4-6-18(11-17)28-22-7-2-1-3-10-26-22/h4-6,8-9,11-12,19H,1-3,7,10,13-15H2,(H,26,28)(H,27,33)(H,29,30)(H,31,32)/p-1. The SMILES string of the molecule is O=C([O-])CC(NC(=O)CNC(=O)c1cccc(NC2=NCCCCC2)c1)c1ccc2c(c1)OCO2. The summed E-state index contributed by atoms with van der Waals surface area (Å²) in [6.45, 7) is 0.549. The molecule has 1 atom stereocenters. The lowest BCUT2D eigenvalue weighted by atomic mass is 10.0. The number of fused-ring (bicyclic) bond motifs is 1. The lowest BCUT2D eigenvalue weighted by Gasteiger charge is -2.20. The van der Waals surface area contributed by atoms with Gasteiger partial charge in [-0.3, -0.25) is 14.6 Å². The van der Waals surface area contributed by atoms with Crippen LogP contribution in [-0.2, 0) is 9.59 Å². The number of carboxylic acids is 1. The Kier molecular flexibility index (Phi) is 7.81. The molecule has 1 unspecified atom stereocenters. The van der Waals surface area contributed by atoms with Gasteiger partial charge in [-0.15, -0.1) is 0 Å². The Morgan fingerprint density at radius 3 is 2.74 bits per heavy atom. The molecule has 0 fully saturated rings. The fraction of sp³-hybridized carbons (Fsp3) is 0.360. The topological polar surface area (TPSA) is 141 Å². The van der Waals surface area contributed by atoms with Gasteiger partial charge in [0.25, 0.3) is 5.91 Å². The quantitative estimate of drug-likeness (QED) is 0.521. The molecule has 2 aliphatic rings. The molecule has 10 nitrogen and oxygen atoms in total. The Labute approximate surface area is 202 Å². The largest absolute Gasteiger partial charge is 0.550 e. The predicted molar refractivity (Wildman–Crippen MR) is 126 cm³/mol. The highest BCUT2D eigenvalue weighted by Crippen LogP contribution is 2.34. The van der Waals surface area contributed by atoms with Crippen molar-refractivity contribution in [1.82, 2.24) is 10.6 Å². The smallest absolute Gasteiger partial charge is 0.251 e. The van der Waals surface area contributed by atoms with Gasteiger partial charge in [0.2, 0.25) is 12.7 Å². The van der Waals surface area contributed by atoms with Gasteiger partial charge < -0.3 is 35.3 Å². The molecule has 35 heavy (non-hydrogen) atoms. The van der Waals surface area contributed by atoms with E-state index in [2.05, 4.69) is 20.9 Å². The summed E-state index contributed by atoms with van der Waals surface area (Å²) in [7, 11) is 0. The third-order valence-corrected chi connectivity index (χ3v) is 5.70. The molecule has 3 N–H and O–H groups in total. The molecule has 0 bridgehead atoms. The van der Waals surface area contributed by atoms with Gasteiger partial charge in [-0.2, -0.15) is 0 Å². The van der Waals surface area contributed by atoms with Crippen molar-refractivity contribution in [2.45, 2.75) is 38.1 Å². The third-order valence-electron chi connectivity index (χ3n) is 5.70. The first kappa shape index (κ1) is 24.1. The second kappa shape index (κ2) is 11.4. The minimum atomic E-state index is -1.32. The Morgan fingerprint density at radius 1 is 1.03 bits per heavy atom. The minimum Gasteiger partial charge on any atom is -0.550 e. The number of nitrogens with zero attached hydrogens (tertiary/aromatic N) is 1. The number of rotatable bonds is 8. The summed E-state index contributed by atoms with van der Waals surface area (Å²) < 4.78 is 10.6. The number of amides is 2. The van der Waals surface area contributed by atoms with Crippen LogP contribution in [0.25, 0.3) is 0 Å². The number of anilines is 1. The van der Waals surface area contributed by atoms with E-state index in [9.17, 15) is 19.5 Å². The molecular weight excluding hydrogens is 452 g/mol. The van der Waals surface area contributed by atoms with E-state index in [1.807, 2.05) is 6.07 Å². The van der Waals surface area contributed by atoms with Gasteiger partial charge >= 0.3 is 0 Å². The fourth-order valence-electron chi connectivity index (χ4n) is 3.94. The van der Waals surface area contributed by atoms with E-state index in [0.29, 0.717) is 22.6 Å². The zero-order valence-corrected chi connectivity index (χ0v) is 19.2. The van der Waals surface area contributed by atoms with Crippen molar-refractivity contribution in [1.29, 1.82) is 0 Å². The van der Waals surface area contributed by atoms with E-state index < -0.39 is 30.2 Å². The number of carboxylic acid groups (broad SMARTS) is 1. The number of hydrogen-bond acceptors (Lipinski definition) is 8. The number of amidine groups is 1. The van der Waals surface area contributed by atoms with Crippen molar-refractivity contribution in [3.8, 4) is 11.5 Å². The van der Waals surface area contributed by atoms with E-state index in [4.69, 9.17) is 9.47 Å². The van der Waals surface area contributed by atoms with Crippen molar-refractivity contribution in [3.05, 3.63) is 53.6 Å². The second-order valence-electron chi connectivity index (χ2n) is 8.34. The molecule has 0 saturated heterocycles. The molecule has 2 heterocycles. The van der Waals surface area contributed by atoms with Gasteiger partial charge in [0.05, 0.1) is 12.6 Å². The van der Waals surface area contributed by atoms with Crippen LogP contribution in [0, 0.1) is 0 Å². The number of aliphatic carboxylic acids is 1. The molecule has 2 aromatic rings. The van der Waals surface area contributed by atoms with Crippen LogP contribution in [0.4, 0.5) is 5.69 Å². The minimum absolute atomic E-state index is 0.0765. The van der Waals surface area contributed by atoms with Crippen LogP contribution < -0.4 is 30.5 Å².